The van der Waals surface area contributed by atoms with E-state index in [1.807, 2.05) is 6.08 Å². The number of hydrogen-bond acceptors (Lipinski definition) is 3. The van der Waals surface area contributed by atoms with Gasteiger partial charge in [0.05, 0.1) is 17.0 Å². The minimum Gasteiger partial charge on any atom is -0.478 e. The summed E-state index contributed by atoms with van der Waals surface area (Å²) in [4.78, 5) is 19.7. The van der Waals surface area contributed by atoms with Crippen LogP contribution in [0.25, 0.3) is 12.2 Å². The lowest BCUT2D eigenvalue weighted by Gasteiger charge is -1.99. The van der Waals surface area contributed by atoms with Gasteiger partial charge in [-0.1, -0.05) is 6.42 Å². The SMILES string of the molecule is O=C(O)c1ccnc(/C=C/c2cn3c(n2)CCCCC3)c1. The van der Waals surface area contributed by atoms with Crippen molar-refractivity contribution in [3.8, 4) is 0 Å². The van der Waals surface area contributed by atoms with Crippen LogP contribution in [0.4, 0.5) is 0 Å². The molecule has 5 heteroatoms. The first-order chi connectivity index (χ1) is 10.2. The van der Waals surface area contributed by atoms with Crippen molar-refractivity contribution in [1.29, 1.82) is 0 Å². The molecule has 108 valence electrons. The molecule has 1 aliphatic rings. The predicted octanol–water partition coefficient (Wildman–Crippen LogP) is 2.87. The number of carboxylic acids is 1. The van der Waals surface area contributed by atoms with Crippen molar-refractivity contribution in [3.05, 3.63) is 47.3 Å². The van der Waals surface area contributed by atoms with Gasteiger partial charge >= 0.3 is 5.97 Å². The third kappa shape index (κ3) is 3.18. The Morgan fingerprint density at radius 2 is 2.10 bits per heavy atom. The summed E-state index contributed by atoms with van der Waals surface area (Å²) in [6.45, 7) is 1.03. The van der Waals surface area contributed by atoms with E-state index in [0.29, 0.717) is 5.69 Å². The number of carbonyl (C=O) groups is 1. The van der Waals surface area contributed by atoms with Crippen molar-refractivity contribution in [1.82, 2.24) is 14.5 Å². The molecule has 5 nitrogen and oxygen atoms in total. The molecule has 0 aromatic carbocycles. The predicted molar refractivity (Wildman–Crippen MR) is 79.9 cm³/mol. The van der Waals surface area contributed by atoms with Gasteiger partial charge in [-0.3, -0.25) is 4.98 Å². The van der Waals surface area contributed by atoms with E-state index in [1.165, 1.54) is 31.5 Å². The summed E-state index contributed by atoms with van der Waals surface area (Å²) in [7, 11) is 0. The molecule has 0 saturated carbocycles. The highest BCUT2D eigenvalue weighted by Gasteiger charge is 2.09. The normalized spacial score (nSPS) is 14.9. The van der Waals surface area contributed by atoms with E-state index >= 15 is 0 Å². The molecule has 1 aliphatic heterocycles. The number of hydrogen-bond donors (Lipinski definition) is 1. The van der Waals surface area contributed by atoms with Crippen molar-refractivity contribution in [2.75, 3.05) is 0 Å². The van der Waals surface area contributed by atoms with Gasteiger partial charge < -0.3 is 9.67 Å². The van der Waals surface area contributed by atoms with Crippen LogP contribution in [-0.4, -0.2) is 25.6 Å². The molecule has 0 saturated heterocycles. The fourth-order valence-electron chi connectivity index (χ4n) is 2.54. The van der Waals surface area contributed by atoms with Gasteiger partial charge in [0, 0.05) is 25.4 Å². The minimum absolute atomic E-state index is 0.241. The van der Waals surface area contributed by atoms with Gasteiger partial charge in [0.1, 0.15) is 5.82 Å². The van der Waals surface area contributed by atoms with Crippen molar-refractivity contribution >= 4 is 18.1 Å². The van der Waals surface area contributed by atoms with Crippen LogP contribution < -0.4 is 0 Å². The Bertz CT molecular complexity index is 665. The molecule has 0 aliphatic carbocycles. The first kappa shape index (κ1) is 13.5. The molecule has 0 unspecified atom stereocenters. The third-order valence-corrected chi connectivity index (χ3v) is 3.63. The quantitative estimate of drug-likeness (QED) is 0.940. The second-order valence-corrected chi connectivity index (χ2v) is 5.19. The van der Waals surface area contributed by atoms with Crippen molar-refractivity contribution < 1.29 is 9.90 Å². The lowest BCUT2D eigenvalue weighted by molar-refractivity contribution is 0.0696. The third-order valence-electron chi connectivity index (χ3n) is 3.63. The molecule has 0 spiro atoms. The monoisotopic (exact) mass is 283 g/mol. The molecule has 0 amide bonds. The summed E-state index contributed by atoms with van der Waals surface area (Å²) in [6, 6.07) is 3.04. The van der Waals surface area contributed by atoms with E-state index in [-0.39, 0.29) is 5.56 Å². The molecule has 2 aromatic heterocycles. The molecule has 2 aromatic rings. The molecular weight excluding hydrogens is 266 g/mol. The van der Waals surface area contributed by atoms with Gasteiger partial charge in [-0.05, 0) is 37.1 Å². The first-order valence-corrected chi connectivity index (χ1v) is 7.16. The molecule has 21 heavy (non-hydrogen) atoms. The fourth-order valence-corrected chi connectivity index (χ4v) is 2.54. The Hall–Kier alpha value is -2.43. The van der Waals surface area contributed by atoms with Crippen LogP contribution in [0.3, 0.4) is 0 Å². The molecule has 0 radical (unpaired) electrons. The van der Waals surface area contributed by atoms with E-state index < -0.39 is 5.97 Å². The molecule has 0 atom stereocenters. The number of pyridine rings is 1. The van der Waals surface area contributed by atoms with E-state index in [1.54, 1.807) is 12.1 Å². The Morgan fingerprint density at radius 3 is 2.95 bits per heavy atom. The largest absolute Gasteiger partial charge is 0.478 e. The smallest absolute Gasteiger partial charge is 0.335 e. The van der Waals surface area contributed by atoms with Crippen LogP contribution in [-0.2, 0) is 13.0 Å². The van der Waals surface area contributed by atoms with E-state index in [4.69, 9.17) is 5.11 Å². The van der Waals surface area contributed by atoms with Gasteiger partial charge in [-0.15, -0.1) is 0 Å². The van der Waals surface area contributed by atoms with Crippen LogP contribution in [0.5, 0.6) is 0 Å². The molecular formula is C16H17N3O2. The number of aromatic nitrogens is 3. The zero-order chi connectivity index (χ0) is 14.7. The highest BCUT2D eigenvalue weighted by molar-refractivity contribution is 5.88. The summed E-state index contributed by atoms with van der Waals surface area (Å²) in [5, 5.41) is 8.96. The maximum Gasteiger partial charge on any atom is 0.335 e. The van der Waals surface area contributed by atoms with E-state index in [2.05, 4.69) is 20.7 Å². The maximum absolute atomic E-state index is 10.9. The lowest BCUT2D eigenvalue weighted by atomic mass is 10.2. The van der Waals surface area contributed by atoms with Crippen LogP contribution in [0, 0.1) is 0 Å². The van der Waals surface area contributed by atoms with Gasteiger partial charge in [-0.2, -0.15) is 0 Å². The number of imidazole rings is 1. The Morgan fingerprint density at radius 1 is 1.24 bits per heavy atom. The van der Waals surface area contributed by atoms with E-state index in [9.17, 15) is 4.79 Å². The second-order valence-electron chi connectivity index (χ2n) is 5.19. The zero-order valence-corrected chi connectivity index (χ0v) is 11.7. The number of carboxylic acid groups (broad SMARTS) is 1. The molecule has 1 N–H and O–H groups in total. The van der Waals surface area contributed by atoms with Crippen molar-refractivity contribution in [2.45, 2.75) is 32.2 Å². The highest BCUT2D eigenvalue weighted by Crippen LogP contribution is 2.16. The van der Waals surface area contributed by atoms with Gasteiger partial charge in [0.2, 0.25) is 0 Å². The average Bonchev–Trinajstić information content (AvgIpc) is 2.75. The van der Waals surface area contributed by atoms with Crippen LogP contribution in [0.2, 0.25) is 0 Å². The maximum atomic E-state index is 10.9. The Labute approximate surface area is 123 Å². The topological polar surface area (TPSA) is 68.0 Å². The fraction of sp³-hybridized carbons (Fsp3) is 0.312. The van der Waals surface area contributed by atoms with Gasteiger partial charge in [0.25, 0.3) is 0 Å². The molecule has 3 heterocycles. The lowest BCUT2D eigenvalue weighted by Crippen LogP contribution is -1.98. The number of aromatic carboxylic acids is 1. The van der Waals surface area contributed by atoms with E-state index in [0.717, 1.165) is 24.5 Å². The van der Waals surface area contributed by atoms with Gasteiger partial charge in [-0.25, -0.2) is 9.78 Å². The highest BCUT2D eigenvalue weighted by atomic mass is 16.4. The summed E-state index contributed by atoms with van der Waals surface area (Å²) in [5.41, 5.74) is 1.76. The Balaban J connectivity index is 1.80. The number of rotatable bonds is 3. The Kier molecular flexibility index (Phi) is 3.81. The summed E-state index contributed by atoms with van der Waals surface area (Å²) in [6.07, 6.45) is 11.9. The number of nitrogens with zero attached hydrogens (tertiary/aromatic N) is 3. The summed E-state index contributed by atoms with van der Waals surface area (Å²) in [5.74, 6) is 0.195. The van der Waals surface area contributed by atoms with Crippen LogP contribution in [0.1, 0.15) is 46.8 Å². The van der Waals surface area contributed by atoms with Crippen LogP contribution in [0.15, 0.2) is 24.5 Å². The van der Waals surface area contributed by atoms with Crippen molar-refractivity contribution in [2.24, 2.45) is 0 Å². The van der Waals surface area contributed by atoms with Crippen LogP contribution >= 0.6 is 0 Å². The number of fused-ring (bicyclic) bond motifs is 1. The molecule has 0 fully saturated rings. The second kappa shape index (κ2) is 5.91. The minimum atomic E-state index is -0.944. The summed E-state index contributed by atoms with van der Waals surface area (Å²) >= 11 is 0. The zero-order valence-electron chi connectivity index (χ0n) is 11.7. The van der Waals surface area contributed by atoms with Gasteiger partial charge in [0.15, 0.2) is 0 Å². The average molecular weight is 283 g/mol. The molecule has 0 bridgehead atoms. The van der Waals surface area contributed by atoms with Crippen molar-refractivity contribution in [3.63, 3.8) is 0 Å². The standard InChI is InChI=1S/C16H17N3O2/c20-16(21)12-7-8-17-13(10-12)5-6-14-11-19-9-3-1-2-4-15(19)18-14/h5-8,10-11H,1-4,9H2,(H,20,21)/b6-5+. The number of aryl methyl sites for hydroxylation is 2. The summed E-state index contributed by atoms with van der Waals surface area (Å²) < 4.78 is 2.22. The molecule has 3 rings (SSSR count). The first-order valence-electron chi connectivity index (χ1n) is 7.16.